The summed E-state index contributed by atoms with van der Waals surface area (Å²) in [6.07, 6.45) is 0. The minimum atomic E-state index is -3.61. The predicted octanol–water partition coefficient (Wildman–Crippen LogP) is 4.53. The van der Waals surface area contributed by atoms with E-state index in [9.17, 15) is 16.8 Å². The van der Waals surface area contributed by atoms with Gasteiger partial charge >= 0.3 is 0 Å². The second-order valence-electron chi connectivity index (χ2n) is 6.15. The zero-order chi connectivity index (χ0) is 23.0. The van der Waals surface area contributed by atoms with Crippen LogP contribution in [-0.4, -0.2) is 49.3 Å². The van der Waals surface area contributed by atoms with Crippen LogP contribution < -0.4 is 5.32 Å². The molecule has 0 aliphatic carbocycles. The lowest BCUT2D eigenvalue weighted by Crippen LogP contribution is -2.22. The summed E-state index contributed by atoms with van der Waals surface area (Å²) in [6.45, 7) is 3.66. The van der Waals surface area contributed by atoms with Gasteiger partial charge in [0, 0.05) is 33.7 Å². The molecule has 0 saturated heterocycles. The van der Waals surface area contributed by atoms with Gasteiger partial charge in [-0.1, -0.05) is 31.9 Å². The first kappa shape index (κ1) is 28.5. The van der Waals surface area contributed by atoms with Crippen LogP contribution in [-0.2, 0) is 19.1 Å². The second kappa shape index (κ2) is 12.4. The van der Waals surface area contributed by atoms with Crippen molar-refractivity contribution in [1.29, 1.82) is 0 Å². The Morgan fingerprint density at radius 3 is 1.45 bits per heavy atom. The quantitative estimate of drug-likeness (QED) is 0.530. The van der Waals surface area contributed by atoms with Crippen LogP contribution in [0.25, 0.3) is 0 Å². The van der Waals surface area contributed by atoms with Gasteiger partial charge in [0.1, 0.15) is 0 Å². The summed E-state index contributed by atoms with van der Waals surface area (Å²) in [7, 11) is 5.02. The Labute approximate surface area is 195 Å². The van der Waals surface area contributed by atoms with Gasteiger partial charge in [0.2, 0.25) is 10.0 Å². The molecule has 0 amide bonds. The molecule has 0 heterocycles. The van der Waals surface area contributed by atoms with Crippen molar-refractivity contribution >= 4 is 61.6 Å². The summed E-state index contributed by atoms with van der Waals surface area (Å²) < 4.78 is 47.9. The maximum Gasteiger partial charge on any atom is 0.261 e. The normalized spacial score (nSPS) is 11.2. The van der Waals surface area contributed by atoms with E-state index in [1.54, 1.807) is 19.1 Å². The molecule has 0 atom stereocenters. The van der Waals surface area contributed by atoms with Gasteiger partial charge in [0.05, 0.1) is 9.79 Å². The number of hydrogen-bond acceptors (Lipinski definition) is 5. The van der Waals surface area contributed by atoms with E-state index >= 15 is 0 Å². The van der Waals surface area contributed by atoms with E-state index in [1.165, 1.54) is 30.5 Å². The lowest BCUT2D eigenvalue weighted by molar-refractivity contribution is 0.520. The van der Waals surface area contributed by atoms with E-state index in [0.717, 1.165) is 15.6 Å². The molecule has 29 heavy (non-hydrogen) atoms. The lowest BCUT2D eigenvalue weighted by atomic mass is 10.2. The Balaban J connectivity index is 0.000000481. The molecule has 0 spiro atoms. The number of sulfonamides is 1. The van der Waals surface area contributed by atoms with E-state index in [1.807, 2.05) is 33.2 Å². The lowest BCUT2D eigenvalue weighted by Gasteiger charge is -2.12. The number of halogens is 3. The fourth-order valence-corrected chi connectivity index (χ4v) is 5.32. The van der Waals surface area contributed by atoms with Crippen molar-refractivity contribution in [1.82, 2.24) is 9.62 Å². The number of benzene rings is 2. The van der Waals surface area contributed by atoms with Crippen molar-refractivity contribution in [2.45, 2.75) is 23.6 Å². The maximum absolute atomic E-state index is 11.7. The molecular weight excluding hydrogens is 568 g/mol. The number of nitrogens with one attached hydrogen (secondary N) is 1. The highest BCUT2D eigenvalue weighted by Crippen LogP contribution is 2.22. The molecule has 0 saturated carbocycles. The van der Waals surface area contributed by atoms with Crippen molar-refractivity contribution in [3.63, 3.8) is 0 Å². The fourth-order valence-electron chi connectivity index (χ4n) is 1.91. The third-order valence-electron chi connectivity index (χ3n) is 3.09. The molecule has 2 aromatic rings. The van der Waals surface area contributed by atoms with Crippen molar-refractivity contribution in [3.8, 4) is 0 Å². The second-order valence-corrected chi connectivity index (χ2v) is 12.7. The Morgan fingerprint density at radius 2 is 1.14 bits per heavy atom. The van der Waals surface area contributed by atoms with Gasteiger partial charge in [-0.05, 0) is 75.5 Å². The number of nitrogens with zero attached hydrogens (tertiary/aromatic N) is 1. The van der Waals surface area contributed by atoms with Gasteiger partial charge in [-0.15, -0.1) is 0 Å². The summed E-state index contributed by atoms with van der Waals surface area (Å²) >= 11 is 6.45. The first-order chi connectivity index (χ1) is 13.1. The van der Waals surface area contributed by atoms with Crippen LogP contribution in [0.3, 0.4) is 0 Å². The van der Waals surface area contributed by atoms with E-state index in [-0.39, 0.29) is 4.90 Å². The molecule has 6 nitrogen and oxygen atoms in total. The first-order valence-corrected chi connectivity index (χ1v) is 13.5. The minimum Gasteiger partial charge on any atom is -0.323 e. The summed E-state index contributed by atoms with van der Waals surface area (Å²) in [5.41, 5.74) is 1.77. The molecule has 0 radical (unpaired) electrons. The van der Waals surface area contributed by atoms with Crippen LogP contribution in [0.5, 0.6) is 0 Å². The molecule has 0 unspecified atom stereocenters. The van der Waals surface area contributed by atoms with Crippen LogP contribution in [0.4, 0.5) is 0 Å². The Bertz CT molecular complexity index is 988. The molecule has 0 fully saturated rings. The smallest absolute Gasteiger partial charge is 0.261 e. The van der Waals surface area contributed by atoms with Crippen molar-refractivity contribution < 1.29 is 16.8 Å². The maximum atomic E-state index is 11.7. The summed E-state index contributed by atoms with van der Waals surface area (Å²) in [5, 5.41) is 2.75. The van der Waals surface area contributed by atoms with Crippen LogP contribution >= 0.6 is 42.5 Å². The molecule has 11 heteroatoms. The Morgan fingerprint density at radius 1 is 0.793 bits per heavy atom. The largest absolute Gasteiger partial charge is 0.323 e. The zero-order valence-corrected chi connectivity index (χ0v) is 22.6. The van der Waals surface area contributed by atoms with Gasteiger partial charge in [0.15, 0.2) is 0 Å². The molecule has 0 aliphatic rings. The first-order valence-electron chi connectivity index (χ1n) is 8.15. The number of rotatable bonds is 3. The Kier molecular flexibility index (Phi) is 12.2. The average Bonchev–Trinajstić information content (AvgIpc) is 2.53. The molecule has 0 bridgehead atoms. The van der Waals surface area contributed by atoms with E-state index in [0.29, 0.717) is 9.37 Å². The fraction of sp³-hybridized carbons (Fsp3) is 0.333. The zero-order valence-electron chi connectivity index (χ0n) is 17.0. The average molecular weight is 593 g/mol. The molecule has 0 aliphatic heterocycles. The highest BCUT2D eigenvalue weighted by molar-refractivity contribution is 9.10. The molecule has 164 valence electrons. The van der Waals surface area contributed by atoms with Gasteiger partial charge in [-0.25, -0.2) is 21.1 Å². The van der Waals surface area contributed by atoms with E-state index in [2.05, 4.69) is 37.2 Å². The molecular formula is C18H25Br2ClN2O4S2. The van der Waals surface area contributed by atoms with Crippen LogP contribution in [0.1, 0.15) is 11.1 Å². The van der Waals surface area contributed by atoms with Crippen LogP contribution in [0.15, 0.2) is 55.1 Å². The molecule has 2 aromatic carbocycles. The van der Waals surface area contributed by atoms with Crippen LogP contribution in [0.2, 0.25) is 0 Å². The topological polar surface area (TPSA) is 83.5 Å². The van der Waals surface area contributed by atoms with Gasteiger partial charge in [-0.3, -0.25) is 0 Å². The predicted molar refractivity (Wildman–Crippen MR) is 127 cm³/mol. The monoisotopic (exact) mass is 590 g/mol. The van der Waals surface area contributed by atoms with Crippen LogP contribution in [0, 0.1) is 13.8 Å². The van der Waals surface area contributed by atoms with Gasteiger partial charge in [-0.2, -0.15) is 0 Å². The van der Waals surface area contributed by atoms with Gasteiger partial charge in [0.25, 0.3) is 9.05 Å². The van der Waals surface area contributed by atoms with Gasteiger partial charge < -0.3 is 5.32 Å². The highest BCUT2D eigenvalue weighted by Gasteiger charge is 2.17. The number of hydrogen-bond donors (Lipinski definition) is 1. The third kappa shape index (κ3) is 10.4. The van der Waals surface area contributed by atoms with Crippen molar-refractivity contribution in [2.75, 3.05) is 28.2 Å². The van der Waals surface area contributed by atoms with E-state index in [4.69, 9.17) is 10.7 Å². The third-order valence-corrected chi connectivity index (χ3v) is 7.13. The number of aryl methyl sites for hydroxylation is 2. The molecule has 0 aromatic heterocycles. The van der Waals surface area contributed by atoms with Crippen molar-refractivity contribution in [2.24, 2.45) is 0 Å². The standard InChI is InChI=1S/C9H12BrNO2S.C7H6BrClO2S.C2H7N/c1-7-4-8(10)6-9(5-7)14(12,13)11(2)3;1-5-2-6(8)4-7(3-5)12(9,10)11;1-3-2/h4-6H,1-3H3;2-4H,1H3;3H,1-2H3. The van der Waals surface area contributed by atoms with E-state index < -0.39 is 19.1 Å². The molecule has 1 N–H and O–H groups in total. The minimum absolute atomic E-state index is 0.121. The van der Waals surface area contributed by atoms with Crippen molar-refractivity contribution in [3.05, 3.63) is 56.5 Å². The summed E-state index contributed by atoms with van der Waals surface area (Å²) in [4.78, 5) is 0.436. The summed E-state index contributed by atoms with van der Waals surface area (Å²) in [6, 6.07) is 9.92. The Hall–Kier alpha value is -0.490. The SMILES string of the molecule is CNC.Cc1cc(Br)cc(S(=O)(=O)Cl)c1.Cc1cc(Br)cc(S(=O)(=O)N(C)C)c1. The summed E-state index contributed by atoms with van der Waals surface area (Å²) in [5.74, 6) is 0. The highest BCUT2D eigenvalue weighted by atomic mass is 79.9. The molecule has 2 rings (SSSR count).